The van der Waals surface area contributed by atoms with Crippen molar-refractivity contribution in [3.8, 4) is 5.75 Å². The lowest BCUT2D eigenvalue weighted by atomic mass is 9.93. The molecule has 4 rings (SSSR count). The van der Waals surface area contributed by atoms with Crippen LogP contribution in [-0.2, 0) is 16.2 Å². The minimum atomic E-state index is -1.02. The molecule has 1 unspecified atom stereocenters. The van der Waals surface area contributed by atoms with Gasteiger partial charge in [-0.3, -0.25) is 19.7 Å². The Morgan fingerprint density at radius 2 is 1.73 bits per heavy atom. The number of rotatable bonds is 11. The molecule has 208 valence electrons. The zero-order chi connectivity index (χ0) is 28.8. The molecule has 0 radical (unpaired) electrons. The van der Waals surface area contributed by atoms with E-state index in [9.17, 15) is 24.8 Å². The maximum Gasteiger partial charge on any atom is 0.295 e. The van der Waals surface area contributed by atoms with Crippen LogP contribution in [0.4, 0.5) is 5.69 Å². The summed E-state index contributed by atoms with van der Waals surface area (Å²) in [5, 5.41) is 25.4. The Kier molecular flexibility index (Phi) is 8.96. The molecule has 1 amide bonds. The molecule has 0 aliphatic carbocycles. The number of likely N-dealkylation sites (N-methyl/N-ethyl adjacent to an activating group) is 1. The predicted octanol–water partition coefficient (Wildman–Crippen LogP) is 2.63. The summed E-state index contributed by atoms with van der Waals surface area (Å²) >= 11 is 0. The van der Waals surface area contributed by atoms with Crippen LogP contribution in [0.15, 0.2) is 78.4 Å². The maximum absolute atomic E-state index is 13.9. The van der Waals surface area contributed by atoms with Crippen molar-refractivity contribution < 1.29 is 29.3 Å². The van der Waals surface area contributed by atoms with E-state index in [0.29, 0.717) is 30.0 Å². The molecule has 1 saturated heterocycles. The number of nitrogens with zero attached hydrogens (tertiary/aromatic N) is 2. The lowest BCUT2D eigenvalue weighted by Crippen LogP contribution is -3.12. The highest BCUT2D eigenvalue weighted by atomic mass is 16.6. The summed E-state index contributed by atoms with van der Waals surface area (Å²) in [6.07, 6.45) is 0. The number of likely N-dealkylation sites (tertiary alicyclic amines) is 1. The lowest BCUT2D eigenvalue weighted by molar-refractivity contribution is -0.895. The van der Waals surface area contributed by atoms with Gasteiger partial charge in [-0.1, -0.05) is 54.3 Å². The van der Waals surface area contributed by atoms with Gasteiger partial charge in [0.25, 0.3) is 11.6 Å². The van der Waals surface area contributed by atoms with Crippen molar-refractivity contribution in [2.75, 3.05) is 26.2 Å². The minimum Gasteiger partial charge on any atom is -0.872 e. The molecule has 9 heteroatoms. The molecule has 9 nitrogen and oxygen atoms in total. The van der Waals surface area contributed by atoms with Gasteiger partial charge in [-0.25, -0.2) is 0 Å². The number of Topliss-reactive ketones (excluding diaryl/α,β-unsaturated/α-hetero) is 1. The largest absolute Gasteiger partial charge is 0.872 e. The zero-order valence-electron chi connectivity index (χ0n) is 22.9. The molecule has 3 aromatic carbocycles. The maximum atomic E-state index is 13.9. The second-order valence-electron chi connectivity index (χ2n) is 9.78. The second kappa shape index (κ2) is 12.6. The van der Waals surface area contributed by atoms with Crippen molar-refractivity contribution in [2.45, 2.75) is 33.4 Å². The van der Waals surface area contributed by atoms with Crippen LogP contribution in [0.25, 0.3) is 5.76 Å². The van der Waals surface area contributed by atoms with Crippen LogP contribution < -0.4 is 14.7 Å². The molecule has 1 heterocycles. The smallest absolute Gasteiger partial charge is 0.295 e. The third-order valence-corrected chi connectivity index (χ3v) is 7.32. The van der Waals surface area contributed by atoms with E-state index in [1.165, 1.54) is 28.0 Å². The van der Waals surface area contributed by atoms with Gasteiger partial charge in [0.05, 0.1) is 37.1 Å². The number of amides is 1. The van der Waals surface area contributed by atoms with Gasteiger partial charge in [-0.05, 0) is 55.2 Å². The van der Waals surface area contributed by atoms with Gasteiger partial charge in [-0.2, -0.15) is 0 Å². The average Bonchev–Trinajstić information content (AvgIpc) is 3.22. The van der Waals surface area contributed by atoms with Crippen LogP contribution in [-0.4, -0.2) is 47.7 Å². The second-order valence-corrected chi connectivity index (χ2v) is 9.78. The van der Waals surface area contributed by atoms with Crippen molar-refractivity contribution in [3.05, 3.63) is 111 Å². The van der Waals surface area contributed by atoms with Gasteiger partial charge >= 0.3 is 0 Å². The Morgan fingerprint density at radius 1 is 1.00 bits per heavy atom. The van der Waals surface area contributed by atoms with Crippen molar-refractivity contribution in [2.24, 2.45) is 0 Å². The molecule has 0 saturated carbocycles. The van der Waals surface area contributed by atoms with Gasteiger partial charge in [0.2, 0.25) is 5.78 Å². The highest BCUT2D eigenvalue weighted by molar-refractivity contribution is 6.46. The van der Waals surface area contributed by atoms with E-state index >= 15 is 0 Å². The zero-order valence-corrected chi connectivity index (χ0v) is 22.9. The van der Waals surface area contributed by atoms with Gasteiger partial charge in [0, 0.05) is 17.7 Å². The molecule has 0 bridgehead atoms. The molecular formula is C31H33N3O6. The number of carbonyl (C=O) groups excluding carboxylic acids is 2. The number of hydrogen-bond acceptors (Lipinski definition) is 6. The van der Waals surface area contributed by atoms with E-state index in [4.69, 9.17) is 4.74 Å². The van der Waals surface area contributed by atoms with Crippen LogP contribution >= 0.6 is 0 Å². The molecular weight excluding hydrogens is 510 g/mol. The number of ether oxygens (including phenoxy) is 1. The standard InChI is InChI=1S/C31H33N3O6/c1-4-32(5-2)16-17-33-28(23-12-9-13-24(19-23)34(38)39)27(30(36)31(33)37)29(35)26-15-14-25(18-21(26)3)40-20-22-10-7-6-8-11-22/h6-15,18-19,28,35H,4-5,16-17,20H2,1-3H3. The molecule has 1 aliphatic heterocycles. The Balaban J connectivity index is 1.73. The molecule has 3 aromatic rings. The summed E-state index contributed by atoms with van der Waals surface area (Å²) < 4.78 is 5.88. The van der Waals surface area contributed by atoms with Crippen LogP contribution in [0.5, 0.6) is 5.75 Å². The van der Waals surface area contributed by atoms with Gasteiger partial charge in [-0.15, -0.1) is 0 Å². The highest BCUT2D eigenvalue weighted by Gasteiger charge is 2.44. The topological polar surface area (TPSA) is 117 Å². The minimum absolute atomic E-state index is 0.179. The number of carbonyl (C=O) groups is 2. The Labute approximate surface area is 233 Å². The van der Waals surface area contributed by atoms with E-state index < -0.39 is 28.4 Å². The fourth-order valence-corrected chi connectivity index (χ4v) is 5.00. The number of nitro groups is 1. The number of aryl methyl sites for hydroxylation is 1. The number of hydrogen-bond donors (Lipinski definition) is 1. The average molecular weight is 544 g/mol. The van der Waals surface area contributed by atoms with E-state index in [0.717, 1.165) is 18.7 Å². The Bertz CT molecular complexity index is 1430. The Morgan fingerprint density at radius 3 is 2.38 bits per heavy atom. The van der Waals surface area contributed by atoms with Crippen LogP contribution in [0.1, 0.15) is 42.1 Å². The first-order valence-electron chi connectivity index (χ1n) is 13.4. The first-order valence-corrected chi connectivity index (χ1v) is 13.4. The van der Waals surface area contributed by atoms with Gasteiger partial charge in [0.15, 0.2) is 0 Å². The molecule has 1 aliphatic rings. The van der Waals surface area contributed by atoms with Crippen molar-refractivity contribution in [3.63, 3.8) is 0 Å². The first-order chi connectivity index (χ1) is 19.2. The first kappa shape index (κ1) is 28.5. The fourth-order valence-electron chi connectivity index (χ4n) is 5.00. The van der Waals surface area contributed by atoms with Crippen molar-refractivity contribution in [1.82, 2.24) is 4.90 Å². The quantitative estimate of drug-likeness (QED) is 0.131. The molecule has 0 spiro atoms. The summed E-state index contributed by atoms with van der Waals surface area (Å²) in [7, 11) is 0. The summed E-state index contributed by atoms with van der Waals surface area (Å²) in [4.78, 5) is 40.1. The lowest BCUT2D eigenvalue weighted by Gasteiger charge is -2.29. The molecule has 1 fully saturated rings. The van der Waals surface area contributed by atoms with Crippen molar-refractivity contribution in [1.29, 1.82) is 0 Å². The summed E-state index contributed by atoms with van der Waals surface area (Å²) in [6.45, 7) is 8.64. The number of ketones is 1. The van der Waals surface area contributed by atoms with E-state index in [1.54, 1.807) is 31.2 Å². The van der Waals surface area contributed by atoms with E-state index in [-0.39, 0.29) is 23.4 Å². The predicted molar refractivity (Wildman–Crippen MR) is 148 cm³/mol. The SMILES string of the molecule is CC[NH+](CC)CCN1C(=O)C(=O)C(=C([O-])c2ccc(OCc3ccccc3)cc2C)C1c1cccc([N+](=O)[O-])c1. The molecule has 40 heavy (non-hydrogen) atoms. The number of benzene rings is 3. The number of non-ortho nitro benzene ring substituents is 1. The molecule has 0 aromatic heterocycles. The molecule has 1 atom stereocenters. The molecule has 1 N–H and O–H groups in total. The number of quaternary nitrogens is 1. The van der Waals surface area contributed by atoms with Crippen LogP contribution in [0, 0.1) is 17.0 Å². The van der Waals surface area contributed by atoms with Crippen LogP contribution in [0.2, 0.25) is 0 Å². The monoisotopic (exact) mass is 543 g/mol. The summed E-state index contributed by atoms with van der Waals surface area (Å²) in [5.41, 5.74) is 1.84. The van der Waals surface area contributed by atoms with Crippen molar-refractivity contribution >= 4 is 23.1 Å². The number of nitro benzene ring substituents is 1. The van der Waals surface area contributed by atoms with Crippen LogP contribution in [0.3, 0.4) is 0 Å². The number of nitrogens with one attached hydrogen (secondary N) is 1. The van der Waals surface area contributed by atoms with Gasteiger partial charge in [0.1, 0.15) is 12.4 Å². The highest BCUT2D eigenvalue weighted by Crippen LogP contribution is 2.40. The van der Waals surface area contributed by atoms with Gasteiger partial charge < -0.3 is 19.6 Å². The Hall–Kier alpha value is -4.50. The fraction of sp³-hybridized carbons (Fsp3) is 0.290. The van der Waals surface area contributed by atoms with E-state index in [2.05, 4.69) is 0 Å². The summed E-state index contributed by atoms with van der Waals surface area (Å²) in [5.74, 6) is -1.65. The summed E-state index contributed by atoms with van der Waals surface area (Å²) in [6, 6.07) is 19.4. The third-order valence-electron chi connectivity index (χ3n) is 7.32. The third kappa shape index (κ3) is 6.05. The van der Waals surface area contributed by atoms with E-state index in [1.807, 2.05) is 44.2 Å². The normalized spacial score (nSPS) is 16.5.